The predicted molar refractivity (Wildman–Crippen MR) is 105 cm³/mol. The van der Waals surface area contributed by atoms with Gasteiger partial charge in [-0.3, -0.25) is 9.59 Å². The Morgan fingerprint density at radius 3 is 2.85 bits per heavy atom. The van der Waals surface area contributed by atoms with Crippen LogP contribution in [0.4, 0.5) is 5.69 Å². The number of nitrogens with one attached hydrogen (secondary N) is 1. The van der Waals surface area contributed by atoms with E-state index in [0.717, 1.165) is 15.2 Å². The fourth-order valence-electron chi connectivity index (χ4n) is 3.27. The number of anilines is 1. The largest absolute Gasteiger partial charge is 0.495 e. The molecular formula is C20H19N3O3S. The highest BCUT2D eigenvalue weighted by atomic mass is 32.1. The van der Waals surface area contributed by atoms with Crippen molar-refractivity contribution in [1.29, 1.82) is 0 Å². The first-order valence-corrected chi connectivity index (χ1v) is 9.53. The minimum atomic E-state index is -0.378. The van der Waals surface area contributed by atoms with Crippen molar-refractivity contribution in [3.8, 4) is 5.75 Å². The van der Waals surface area contributed by atoms with Crippen molar-refractivity contribution in [2.75, 3.05) is 18.6 Å². The Bertz CT molecular complexity index is 968. The Labute approximate surface area is 160 Å². The molecule has 1 saturated heterocycles. The molecule has 6 nitrogen and oxygen atoms in total. The third-order valence-corrected chi connectivity index (χ3v) is 5.66. The van der Waals surface area contributed by atoms with Crippen LogP contribution in [0.2, 0.25) is 0 Å². The quantitative estimate of drug-likeness (QED) is 0.738. The summed E-state index contributed by atoms with van der Waals surface area (Å²) in [6.07, 6.45) is 0.198. The van der Waals surface area contributed by atoms with E-state index in [1.807, 2.05) is 48.5 Å². The van der Waals surface area contributed by atoms with Gasteiger partial charge in [-0.2, -0.15) is 0 Å². The van der Waals surface area contributed by atoms with Crippen LogP contribution in [0.25, 0.3) is 10.2 Å². The van der Waals surface area contributed by atoms with Crippen LogP contribution in [0.5, 0.6) is 5.75 Å². The van der Waals surface area contributed by atoms with Gasteiger partial charge in [0.05, 0.1) is 35.5 Å². The zero-order chi connectivity index (χ0) is 18.8. The summed E-state index contributed by atoms with van der Waals surface area (Å²) < 4.78 is 6.43. The first-order valence-electron chi connectivity index (χ1n) is 8.71. The summed E-state index contributed by atoms with van der Waals surface area (Å²) in [6.45, 7) is 0.725. The van der Waals surface area contributed by atoms with Crippen molar-refractivity contribution in [3.63, 3.8) is 0 Å². The lowest BCUT2D eigenvalue weighted by Gasteiger charge is -2.19. The smallest absolute Gasteiger partial charge is 0.227 e. The average Bonchev–Trinajstić information content (AvgIpc) is 3.29. The van der Waals surface area contributed by atoms with E-state index in [1.165, 1.54) is 0 Å². The number of para-hydroxylation sites is 3. The maximum absolute atomic E-state index is 12.6. The van der Waals surface area contributed by atoms with Crippen molar-refractivity contribution >= 4 is 39.1 Å². The van der Waals surface area contributed by atoms with E-state index in [2.05, 4.69) is 10.3 Å². The average molecular weight is 381 g/mol. The maximum Gasteiger partial charge on any atom is 0.227 e. The number of ether oxygens (including phenoxy) is 1. The van der Waals surface area contributed by atoms with Gasteiger partial charge in [-0.15, -0.1) is 11.3 Å². The fourth-order valence-corrected chi connectivity index (χ4v) is 4.18. The molecule has 1 aliphatic heterocycles. The van der Waals surface area contributed by atoms with Crippen LogP contribution in [0, 0.1) is 5.92 Å². The number of carbonyl (C=O) groups excluding carboxylic acids is 2. The molecule has 0 saturated carbocycles. The van der Waals surface area contributed by atoms with E-state index < -0.39 is 0 Å². The van der Waals surface area contributed by atoms with Crippen molar-refractivity contribution < 1.29 is 14.3 Å². The summed E-state index contributed by atoms with van der Waals surface area (Å²) in [6, 6.07) is 15.2. The van der Waals surface area contributed by atoms with Crippen LogP contribution < -0.4 is 15.0 Å². The lowest BCUT2D eigenvalue weighted by molar-refractivity contribution is -0.126. The number of amides is 2. The van der Waals surface area contributed by atoms with E-state index in [0.29, 0.717) is 24.5 Å². The van der Waals surface area contributed by atoms with Crippen LogP contribution in [0.1, 0.15) is 11.4 Å². The molecule has 4 rings (SSSR count). The van der Waals surface area contributed by atoms with Crippen LogP contribution in [-0.4, -0.2) is 30.5 Å². The van der Waals surface area contributed by atoms with Crippen LogP contribution in [-0.2, 0) is 16.1 Å². The summed E-state index contributed by atoms with van der Waals surface area (Å²) >= 11 is 1.56. The van der Waals surface area contributed by atoms with Crippen molar-refractivity contribution in [2.45, 2.75) is 13.0 Å². The van der Waals surface area contributed by atoms with Gasteiger partial charge in [0.2, 0.25) is 11.8 Å². The van der Waals surface area contributed by atoms with Gasteiger partial charge >= 0.3 is 0 Å². The number of rotatable bonds is 5. The molecule has 2 aromatic carbocycles. The molecule has 0 aliphatic carbocycles. The zero-order valence-electron chi connectivity index (χ0n) is 14.8. The Hall–Kier alpha value is -2.93. The van der Waals surface area contributed by atoms with Gasteiger partial charge in [0.1, 0.15) is 10.8 Å². The molecular weight excluding hydrogens is 362 g/mol. The molecule has 0 bridgehead atoms. The monoisotopic (exact) mass is 381 g/mol. The maximum atomic E-state index is 12.6. The van der Waals surface area contributed by atoms with Gasteiger partial charge in [-0.05, 0) is 24.3 Å². The van der Waals surface area contributed by atoms with Gasteiger partial charge in [-0.1, -0.05) is 24.3 Å². The lowest BCUT2D eigenvalue weighted by Crippen LogP contribution is -2.32. The molecule has 1 unspecified atom stereocenters. The third kappa shape index (κ3) is 3.50. The highest BCUT2D eigenvalue weighted by Gasteiger charge is 2.36. The number of hydrogen-bond acceptors (Lipinski definition) is 5. The van der Waals surface area contributed by atoms with Gasteiger partial charge in [0.25, 0.3) is 0 Å². The number of hydrogen-bond donors (Lipinski definition) is 1. The first-order chi connectivity index (χ1) is 13.2. The molecule has 1 atom stereocenters. The SMILES string of the molecule is COc1ccccc1N1CC(C(=O)NCc2nc3ccccc3s2)CC1=O. The minimum absolute atomic E-state index is 0.0698. The Kier molecular flexibility index (Phi) is 4.77. The molecule has 0 spiro atoms. The molecule has 2 heterocycles. The molecule has 1 aliphatic rings. The number of fused-ring (bicyclic) bond motifs is 1. The highest BCUT2D eigenvalue weighted by molar-refractivity contribution is 7.18. The number of nitrogens with zero attached hydrogens (tertiary/aromatic N) is 2. The van der Waals surface area contributed by atoms with Crippen LogP contribution >= 0.6 is 11.3 Å². The molecule has 3 aromatic rings. The predicted octanol–water partition coefficient (Wildman–Crippen LogP) is 2.97. The third-order valence-electron chi connectivity index (χ3n) is 4.62. The molecule has 1 N–H and O–H groups in total. The van der Waals surface area contributed by atoms with Crippen molar-refractivity contribution in [2.24, 2.45) is 5.92 Å². The van der Waals surface area contributed by atoms with Crippen molar-refractivity contribution in [3.05, 3.63) is 53.5 Å². The standard InChI is InChI=1S/C20H19N3O3S/c1-26-16-8-4-3-7-15(16)23-12-13(10-19(23)24)20(25)21-11-18-22-14-6-2-5-9-17(14)27-18/h2-9,13H,10-12H2,1H3,(H,21,25). The lowest BCUT2D eigenvalue weighted by atomic mass is 10.1. The molecule has 1 aromatic heterocycles. The Morgan fingerprint density at radius 1 is 1.26 bits per heavy atom. The van der Waals surface area contributed by atoms with Crippen molar-refractivity contribution in [1.82, 2.24) is 10.3 Å². The van der Waals surface area contributed by atoms with Crippen LogP contribution in [0.15, 0.2) is 48.5 Å². The molecule has 138 valence electrons. The van der Waals surface area contributed by atoms with Gasteiger partial charge in [0, 0.05) is 13.0 Å². The minimum Gasteiger partial charge on any atom is -0.495 e. The van der Waals surface area contributed by atoms with E-state index in [9.17, 15) is 9.59 Å². The molecule has 1 fully saturated rings. The summed E-state index contributed by atoms with van der Waals surface area (Å²) in [5.41, 5.74) is 1.64. The van der Waals surface area contributed by atoms with Gasteiger partial charge in [-0.25, -0.2) is 4.98 Å². The zero-order valence-corrected chi connectivity index (χ0v) is 15.7. The van der Waals surface area contributed by atoms with E-state index in [4.69, 9.17) is 4.74 Å². The highest BCUT2D eigenvalue weighted by Crippen LogP contribution is 2.32. The van der Waals surface area contributed by atoms with Gasteiger partial charge in [0.15, 0.2) is 0 Å². The Morgan fingerprint density at radius 2 is 2.04 bits per heavy atom. The number of methoxy groups -OCH3 is 1. The molecule has 2 amide bonds. The Balaban J connectivity index is 1.41. The van der Waals surface area contributed by atoms with E-state index in [1.54, 1.807) is 23.3 Å². The fraction of sp³-hybridized carbons (Fsp3) is 0.250. The molecule has 7 heteroatoms. The number of aromatic nitrogens is 1. The molecule has 0 radical (unpaired) electrons. The summed E-state index contributed by atoms with van der Waals surface area (Å²) in [4.78, 5) is 31.1. The van der Waals surface area contributed by atoms with Gasteiger partial charge < -0.3 is 15.0 Å². The van der Waals surface area contributed by atoms with E-state index >= 15 is 0 Å². The number of carbonyl (C=O) groups is 2. The van der Waals surface area contributed by atoms with Crippen LogP contribution in [0.3, 0.4) is 0 Å². The second-order valence-corrected chi connectivity index (χ2v) is 7.49. The normalized spacial score (nSPS) is 16.7. The summed E-state index contributed by atoms with van der Waals surface area (Å²) in [7, 11) is 1.57. The molecule has 27 heavy (non-hydrogen) atoms. The first kappa shape index (κ1) is 17.5. The summed E-state index contributed by atoms with van der Waals surface area (Å²) in [5, 5.41) is 3.78. The number of thiazole rings is 1. The number of benzene rings is 2. The topological polar surface area (TPSA) is 71.5 Å². The second-order valence-electron chi connectivity index (χ2n) is 6.37. The summed E-state index contributed by atoms with van der Waals surface area (Å²) in [5.74, 6) is 0.0535. The van der Waals surface area contributed by atoms with E-state index in [-0.39, 0.29) is 24.2 Å². The second kappa shape index (κ2) is 7.36.